The minimum absolute atomic E-state index is 0.0884. The SMILES string of the molecule is CCc1nc(Cc2noc(C3CC34CCS(=O)(=O)CC4)n2)cs1. The Hall–Kier alpha value is -1.28. The van der Waals surface area contributed by atoms with Crippen molar-refractivity contribution in [2.24, 2.45) is 5.41 Å². The highest BCUT2D eigenvalue weighted by Crippen LogP contribution is 2.64. The number of thiazole rings is 1. The van der Waals surface area contributed by atoms with Crippen molar-refractivity contribution in [3.8, 4) is 0 Å². The molecular formula is C15H19N3O3S2. The van der Waals surface area contributed by atoms with Gasteiger partial charge < -0.3 is 4.52 Å². The van der Waals surface area contributed by atoms with E-state index in [-0.39, 0.29) is 11.3 Å². The summed E-state index contributed by atoms with van der Waals surface area (Å²) in [5.74, 6) is 2.16. The Kier molecular flexibility index (Phi) is 3.57. The van der Waals surface area contributed by atoms with Gasteiger partial charge in [-0.3, -0.25) is 0 Å². The zero-order chi connectivity index (χ0) is 16.1. The molecule has 0 bridgehead atoms. The van der Waals surface area contributed by atoms with Crippen molar-refractivity contribution in [3.63, 3.8) is 0 Å². The standard InChI is InChI=1S/C15H19N3O3S2/c1-2-13-16-10(9-22-13)7-12-17-14(21-18-12)11-8-15(11)3-5-23(19,20)6-4-15/h9,11H,2-8H2,1H3. The van der Waals surface area contributed by atoms with Gasteiger partial charge in [0.2, 0.25) is 5.89 Å². The number of hydrogen-bond acceptors (Lipinski definition) is 7. The first-order valence-electron chi connectivity index (χ1n) is 7.96. The largest absolute Gasteiger partial charge is 0.339 e. The van der Waals surface area contributed by atoms with Gasteiger partial charge in [-0.05, 0) is 31.1 Å². The third-order valence-electron chi connectivity index (χ3n) is 5.03. The van der Waals surface area contributed by atoms with Crippen LogP contribution in [0.1, 0.15) is 54.5 Å². The van der Waals surface area contributed by atoms with Gasteiger partial charge in [-0.15, -0.1) is 11.3 Å². The van der Waals surface area contributed by atoms with E-state index in [4.69, 9.17) is 4.52 Å². The lowest BCUT2D eigenvalue weighted by Gasteiger charge is -2.21. The molecular weight excluding hydrogens is 334 g/mol. The smallest absolute Gasteiger partial charge is 0.230 e. The Balaban J connectivity index is 1.43. The van der Waals surface area contributed by atoms with Gasteiger partial charge in [0.1, 0.15) is 9.84 Å². The number of sulfone groups is 1. The molecule has 23 heavy (non-hydrogen) atoms. The van der Waals surface area contributed by atoms with Crippen LogP contribution in [0.3, 0.4) is 0 Å². The van der Waals surface area contributed by atoms with E-state index in [1.54, 1.807) is 11.3 Å². The van der Waals surface area contributed by atoms with Gasteiger partial charge in [-0.2, -0.15) is 4.98 Å². The van der Waals surface area contributed by atoms with Crippen LogP contribution in [0, 0.1) is 5.41 Å². The van der Waals surface area contributed by atoms with Crippen molar-refractivity contribution >= 4 is 21.2 Å². The molecule has 1 aliphatic carbocycles. The summed E-state index contributed by atoms with van der Waals surface area (Å²) in [5.41, 5.74) is 1.07. The van der Waals surface area contributed by atoms with Gasteiger partial charge in [0.15, 0.2) is 5.82 Å². The predicted molar refractivity (Wildman–Crippen MR) is 86.3 cm³/mol. The predicted octanol–water partition coefficient (Wildman–Crippen LogP) is 2.36. The average molecular weight is 353 g/mol. The Bertz CT molecular complexity index is 811. The van der Waals surface area contributed by atoms with Gasteiger partial charge >= 0.3 is 0 Å². The fourth-order valence-electron chi connectivity index (χ4n) is 3.43. The Morgan fingerprint density at radius 1 is 1.35 bits per heavy atom. The zero-order valence-electron chi connectivity index (χ0n) is 13.0. The van der Waals surface area contributed by atoms with Crippen LogP contribution in [0.5, 0.6) is 0 Å². The Morgan fingerprint density at radius 2 is 2.13 bits per heavy atom. The average Bonchev–Trinajstić information content (AvgIpc) is 2.89. The highest BCUT2D eigenvalue weighted by Gasteiger charge is 2.59. The quantitative estimate of drug-likeness (QED) is 0.839. The molecule has 2 aromatic heterocycles. The van der Waals surface area contributed by atoms with Crippen LogP contribution in [0.2, 0.25) is 0 Å². The maximum Gasteiger partial charge on any atom is 0.230 e. The maximum atomic E-state index is 11.6. The molecule has 1 spiro atoms. The number of hydrogen-bond donors (Lipinski definition) is 0. The number of nitrogens with zero attached hydrogens (tertiary/aromatic N) is 3. The lowest BCUT2D eigenvalue weighted by atomic mass is 9.96. The molecule has 0 aromatic carbocycles. The van der Waals surface area contributed by atoms with Crippen LogP contribution in [0.25, 0.3) is 0 Å². The second-order valence-electron chi connectivity index (χ2n) is 6.58. The van der Waals surface area contributed by atoms with E-state index >= 15 is 0 Å². The van der Waals surface area contributed by atoms with Crippen molar-refractivity contribution in [2.75, 3.05) is 11.5 Å². The van der Waals surface area contributed by atoms with Crippen LogP contribution < -0.4 is 0 Å². The molecule has 1 unspecified atom stereocenters. The first-order valence-corrected chi connectivity index (χ1v) is 10.7. The van der Waals surface area contributed by atoms with E-state index in [9.17, 15) is 8.42 Å². The normalized spacial score (nSPS) is 24.8. The Morgan fingerprint density at radius 3 is 2.83 bits per heavy atom. The summed E-state index contributed by atoms with van der Waals surface area (Å²) in [5, 5.41) is 7.23. The summed E-state index contributed by atoms with van der Waals surface area (Å²) in [6, 6.07) is 0. The van der Waals surface area contributed by atoms with E-state index < -0.39 is 9.84 Å². The van der Waals surface area contributed by atoms with Crippen LogP contribution in [0.15, 0.2) is 9.90 Å². The molecule has 3 heterocycles. The molecule has 4 rings (SSSR count). The molecule has 1 saturated carbocycles. The van der Waals surface area contributed by atoms with Gasteiger partial charge in [-0.25, -0.2) is 13.4 Å². The van der Waals surface area contributed by atoms with Crippen molar-refractivity contribution in [1.82, 2.24) is 15.1 Å². The summed E-state index contributed by atoms with van der Waals surface area (Å²) >= 11 is 1.66. The summed E-state index contributed by atoms with van der Waals surface area (Å²) in [6.07, 6.45) is 3.96. The first-order chi connectivity index (χ1) is 11.0. The summed E-state index contributed by atoms with van der Waals surface area (Å²) < 4.78 is 28.6. The second kappa shape index (κ2) is 5.37. The molecule has 0 radical (unpaired) electrons. The number of aromatic nitrogens is 3. The monoisotopic (exact) mass is 353 g/mol. The molecule has 1 atom stereocenters. The fourth-order valence-corrected chi connectivity index (χ4v) is 5.81. The third-order valence-corrected chi connectivity index (χ3v) is 7.73. The van der Waals surface area contributed by atoms with E-state index in [2.05, 4.69) is 22.0 Å². The topological polar surface area (TPSA) is 86.0 Å². The maximum absolute atomic E-state index is 11.6. The van der Waals surface area contributed by atoms with Crippen molar-refractivity contribution in [1.29, 1.82) is 0 Å². The molecule has 124 valence electrons. The lowest BCUT2D eigenvalue weighted by Crippen LogP contribution is -2.25. The molecule has 8 heteroatoms. The van der Waals surface area contributed by atoms with E-state index in [0.717, 1.165) is 36.4 Å². The molecule has 0 amide bonds. The van der Waals surface area contributed by atoms with Crippen molar-refractivity contribution in [2.45, 2.75) is 44.9 Å². The van der Waals surface area contributed by atoms with E-state index in [1.807, 2.05) is 5.38 Å². The number of rotatable bonds is 4. The third kappa shape index (κ3) is 2.94. The zero-order valence-corrected chi connectivity index (χ0v) is 14.6. The molecule has 2 fully saturated rings. The van der Waals surface area contributed by atoms with Crippen LogP contribution in [-0.4, -0.2) is 35.0 Å². The summed E-state index contributed by atoms with van der Waals surface area (Å²) in [6.45, 7) is 2.09. The molecule has 0 N–H and O–H groups in total. The highest BCUT2D eigenvalue weighted by atomic mass is 32.2. The van der Waals surface area contributed by atoms with Gasteiger partial charge in [0.05, 0.1) is 28.6 Å². The molecule has 1 aliphatic heterocycles. The molecule has 2 aliphatic rings. The molecule has 2 aromatic rings. The van der Waals surface area contributed by atoms with Gasteiger partial charge in [0, 0.05) is 11.3 Å². The van der Waals surface area contributed by atoms with Crippen molar-refractivity contribution < 1.29 is 12.9 Å². The summed E-state index contributed by atoms with van der Waals surface area (Å²) in [7, 11) is -2.83. The Labute approximate surface area is 139 Å². The van der Waals surface area contributed by atoms with Crippen LogP contribution in [-0.2, 0) is 22.7 Å². The first kappa shape index (κ1) is 15.3. The molecule has 1 saturated heterocycles. The van der Waals surface area contributed by atoms with Crippen molar-refractivity contribution in [3.05, 3.63) is 27.8 Å². The fraction of sp³-hybridized carbons (Fsp3) is 0.667. The van der Waals surface area contributed by atoms with Crippen LogP contribution in [0.4, 0.5) is 0 Å². The van der Waals surface area contributed by atoms with E-state index in [1.165, 1.54) is 0 Å². The number of aryl methyl sites for hydroxylation is 1. The minimum Gasteiger partial charge on any atom is -0.339 e. The summed E-state index contributed by atoms with van der Waals surface area (Å²) in [4.78, 5) is 9.05. The second-order valence-corrected chi connectivity index (χ2v) is 9.83. The highest BCUT2D eigenvalue weighted by molar-refractivity contribution is 7.91. The van der Waals surface area contributed by atoms with Gasteiger partial charge in [-0.1, -0.05) is 12.1 Å². The molecule has 6 nitrogen and oxygen atoms in total. The van der Waals surface area contributed by atoms with E-state index in [0.29, 0.717) is 29.6 Å². The van der Waals surface area contributed by atoms with Gasteiger partial charge in [0.25, 0.3) is 0 Å². The lowest BCUT2D eigenvalue weighted by molar-refractivity contribution is 0.345. The minimum atomic E-state index is -2.83. The van der Waals surface area contributed by atoms with Crippen LogP contribution >= 0.6 is 11.3 Å².